The first-order valence-electron chi connectivity index (χ1n) is 12.5. The minimum Gasteiger partial charge on any atom is -0.456 e. The molecule has 0 saturated carbocycles. The molecule has 1 aliphatic heterocycles. The van der Waals surface area contributed by atoms with Crippen LogP contribution in [0.25, 0.3) is 44.5 Å². The molecular formula is C32H30NO2+. The average molecular weight is 461 g/mol. The van der Waals surface area contributed by atoms with E-state index < -0.39 is 0 Å². The maximum atomic E-state index is 6.50. The zero-order chi connectivity index (χ0) is 24.1. The van der Waals surface area contributed by atoms with Crippen LogP contribution < -0.4 is 4.57 Å². The predicted octanol–water partition coefficient (Wildman–Crippen LogP) is 7.33. The van der Waals surface area contributed by atoms with Crippen molar-refractivity contribution in [1.82, 2.24) is 0 Å². The van der Waals surface area contributed by atoms with Crippen molar-refractivity contribution >= 4 is 21.9 Å². The lowest BCUT2D eigenvalue weighted by molar-refractivity contribution is -0.736. The largest absolute Gasteiger partial charge is 0.456 e. The van der Waals surface area contributed by atoms with Gasteiger partial charge in [-0.15, -0.1) is 0 Å². The van der Waals surface area contributed by atoms with E-state index in [1.165, 1.54) is 49.8 Å². The molecule has 174 valence electrons. The molecule has 35 heavy (non-hydrogen) atoms. The van der Waals surface area contributed by atoms with Crippen LogP contribution in [-0.2, 0) is 15.7 Å². The molecule has 0 amide bonds. The first-order chi connectivity index (χ1) is 16.9. The number of benzene rings is 3. The Morgan fingerprint density at radius 3 is 2.49 bits per heavy atom. The van der Waals surface area contributed by atoms with E-state index in [-0.39, 0.29) is 16.9 Å². The van der Waals surface area contributed by atoms with Gasteiger partial charge in [0.1, 0.15) is 18.0 Å². The number of para-hydroxylation sites is 2. The lowest BCUT2D eigenvalue weighted by Crippen LogP contribution is -2.63. The van der Waals surface area contributed by atoms with Crippen molar-refractivity contribution in [3.05, 3.63) is 89.5 Å². The number of pyridine rings is 1. The third kappa shape index (κ3) is 2.47. The highest BCUT2D eigenvalue weighted by molar-refractivity contribution is 5.97. The number of fused-ring (bicyclic) bond motifs is 11. The molecule has 0 saturated heterocycles. The molecule has 3 heterocycles. The molecule has 3 aromatic carbocycles. The molecule has 2 aromatic heterocycles. The highest BCUT2D eigenvalue weighted by atomic mass is 16.5. The molecule has 0 N–H and O–H groups in total. The van der Waals surface area contributed by atoms with Crippen LogP contribution in [0.1, 0.15) is 50.3 Å². The molecule has 0 bridgehead atoms. The maximum absolute atomic E-state index is 6.50. The van der Waals surface area contributed by atoms with E-state index in [0.717, 1.165) is 11.3 Å². The first-order valence-corrected chi connectivity index (χ1v) is 12.5. The number of methoxy groups -OCH3 is 1. The molecular weight excluding hydrogens is 430 g/mol. The van der Waals surface area contributed by atoms with E-state index in [1.807, 2.05) is 7.11 Å². The summed E-state index contributed by atoms with van der Waals surface area (Å²) in [6.45, 7) is 10.1. The third-order valence-electron chi connectivity index (χ3n) is 8.77. The Bertz CT molecular complexity index is 1670. The molecule has 0 spiro atoms. The molecule has 2 aliphatic rings. The van der Waals surface area contributed by atoms with Gasteiger partial charge in [-0.3, -0.25) is 0 Å². The fourth-order valence-corrected chi connectivity index (χ4v) is 7.04. The molecule has 3 heteroatoms. The quantitative estimate of drug-likeness (QED) is 0.258. The van der Waals surface area contributed by atoms with Crippen LogP contribution in [0.4, 0.5) is 0 Å². The number of rotatable bonds is 2. The molecule has 2 atom stereocenters. The summed E-state index contributed by atoms with van der Waals surface area (Å²) in [5, 5.41) is 2.47. The van der Waals surface area contributed by atoms with Crippen LogP contribution in [-0.4, -0.2) is 13.7 Å². The number of aromatic nitrogens is 1. The SMILES string of the molecule is COCC1(C)C(C)c2ccc3c(c2-c2ccc4ccccc4[n+]21)C(C)(C)c1c-3oc2ccccc12. The van der Waals surface area contributed by atoms with Crippen molar-refractivity contribution < 1.29 is 13.7 Å². The van der Waals surface area contributed by atoms with E-state index >= 15 is 0 Å². The van der Waals surface area contributed by atoms with E-state index in [2.05, 4.69) is 105 Å². The van der Waals surface area contributed by atoms with Gasteiger partial charge < -0.3 is 9.15 Å². The second kappa shape index (κ2) is 6.83. The predicted molar refractivity (Wildman–Crippen MR) is 141 cm³/mol. The van der Waals surface area contributed by atoms with Crippen molar-refractivity contribution in [2.24, 2.45) is 0 Å². The fraction of sp³-hybridized carbons (Fsp3) is 0.281. The molecule has 3 nitrogen and oxygen atoms in total. The lowest BCUT2D eigenvalue weighted by atomic mass is 9.70. The second-order valence-corrected chi connectivity index (χ2v) is 11.0. The smallest absolute Gasteiger partial charge is 0.214 e. The van der Waals surface area contributed by atoms with Gasteiger partial charge in [0.05, 0.1) is 5.56 Å². The Balaban J connectivity index is 1.62. The van der Waals surface area contributed by atoms with Crippen LogP contribution in [0.2, 0.25) is 0 Å². The first kappa shape index (κ1) is 20.9. The van der Waals surface area contributed by atoms with Crippen molar-refractivity contribution in [1.29, 1.82) is 0 Å². The zero-order valence-electron chi connectivity index (χ0n) is 21.0. The summed E-state index contributed by atoms with van der Waals surface area (Å²) in [5.41, 5.74) is 9.74. The number of hydrogen-bond donors (Lipinski definition) is 0. The van der Waals surface area contributed by atoms with Gasteiger partial charge in [-0.2, -0.15) is 4.57 Å². The van der Waals surface area contributed by atoms with Gasteiger partial charge in [0.2, 0.25) is 11.2 Å². The lowest BCUT2D eigenvalue weighted by Gasteiger charge is -2.38. The zero-order valence-corrected chi connectivity index (χ0v) is 21.0. The Kier molecular flexibility index (Phi) is 4.08. The Morgan fingerprint density at radius 1 is 0.886 bits per heavy atom. The van der Waals surface area contributed by atoms with Gasteiger partial charge in [-0.25, -0.2) is 0 Å². The monoisotopic (exact) mass is 460 g/mol. The number of hydrogen-bond acceptors (Lipinski definition) is 2. The summed E-state index contributed by atoms with van der Waals surface area (Å²) >= 11 is 0. The summed E-state index contributed by atoms with van der Waals surface area (Å²) in [5.74, 6) is 1.30. The van der Waals surface area contributed by atoms with Crippen LogP contribution in [0.3, 0.4) is 0 Å². The molecule has 1 aliphatic carbocycles. The Hall–Kier alpha value is -3.43. The van der Waals surface area contributed by atoms with Crippen molar-refractivity contribution in [3.8, 4) is 22.6 Å². The standard InChI is InChI=1S/C32H30NO2/c1-19-21-15-16-23-28(31(2,3)29-22-11-7-9-13-26(22)35-30(23)29)27(21)25-17-14-20-10-6-8-12-24(20)33(25)32(19,4)18-34-5/h6-17,19H,18H2,1-5H3/q+1. The van der Waals surface area contributed by atoms with E-state index in [0.29, 0.717) is 6.61 Å². The summed E-state index contributed by atoms with van der Waals surface area (Å²) in [6.07, 6.45) is 0. The van der Waals surface area contributed by atoms with E-state index in [9.17, 15) is 0 Å². The number of nitrogens with zero attached hydrogens (tertiary/aromatic N) is 1. The number of furan rings is 1. The second-order valence-electron chi connectivity index (χ2n) is 11.0. The molecule has 2 unspecified atom stereocenters. The van der Waals surface area contributed by atoms with Gasteiger partial charge in [-0.05, 0) is 29.3 Å². The number of ether oxygens (including phenoxy) is 1. The molecule has 7 rings (SSSR count). The van der Waals surface area contributed by atoms with Gasteiger partial charge in [0, 0.05) is 59.4 Å². The minimum absolute atomic E-state index is 0.180. The normalized spacial score (nSPS) is 21.6. The average Bonchev–Trinajstić information content (AvgIpc) is 3.36. The van der Waals surface area contributed by atoms with Crippen molar-refractivity contribution in [2.45, 2.75) is 44.6 Å². The summed E-state index contributed by atoms with van der Waals surface area (Å²) < 4.78 is 14.9. The highest BCUT2D eigenvalue weighted by Gasteiger charge is 2.53. The van der Waals surface area contributed by atoms with Crippen LogP contribution in [0, 0.1) is 0 Å². The highest BCUT2D eigenvalue weighted by Crippen LogP contribution is 2.58. The molecule has 0 radical (unpaired) electrons. The molecule has 0 fully saturated rings. The van der Waals surface area contributed by atoms with Gasteiger partial charge in [0.15, 0.2) is 5.54 Å². The minimum atomic E-state index is -0.214. The Labute approximate surface area is 206 Å². The maximum Gasteiger partial charge on any atom is 0.214 e. The fourth-order valence-electron chi connectivity index (χ4n) is 7.04. The van der Waals surface area contributed by atoms with Gasteiger partial charge >= 0.3 is 0 Å². The summed E-state index contributed by atoms with van der Waals surface area (Å²) in [4.78, 5) is 0. The molecule has 5 aromatic rings. The van der Waals surface area contributed by atoms with Crippen LogP contribution in [0.5, 0.6) is 0 Å². The van der Waals surface area contributed by atoms with Crippen molar-refractivity contribution in [2.75, 3.05) is 13.7 Å². The Morgan fingerprint density at radius 2 is 1.66 bits per heavy atom. The van der Waals surface area contributed by atoms with Crippen LogP contribution >= 0.6 is 0 Å². The topological polar surface area (TPSA) is 26.2 Å². The summed E-state index contributed by atoms with van der Waals surface area (Å²) in [6, 6.07) is 26.4. The van der Waals surface area contributed by atoms with E-state index in [4.69, 9.17) is 9.15 Å². The van der Waals surface area contributed by atoms with Crippen LogP contribution in [0.15, 0.2) is 77.2 Å². The summed E-state index contributed by atoms with van der Waals surface area (Å²) in [7, 11) is 1.81. The third-order valence-corrected chi connectivity index (χ3v) is 8.77. The van der Waals surface area contributed by atoms with Gasteiger partial charge in [0.25, 0.3) is 0 Å². The van der Waals surface area contributed by atoms with Gasteiger partial charge in [-0.1, -0.05) is 63.2 Å². The van der Waals surface area contributed by atoms with E-state index in [1.54, 1.807) is 0 Å². The van der Waals surface area contributed by atoms with Crippen molar-refractivity contribution in [3.63, 3.8) is 0 Å².